The van der Waals surface area contributed by atoms with Gasteiger partial charge in [-0.25, -0.2) is 9.78 Å². The SMILES string of the molecule is CCc1nc(CNC(=O)Nc2ccc(NC(=O)COC)cc2)cs1. The first kappa shape index (κ1) is 17.9. The van der Waals surface area contributed by atoms with Crippen LogP contribution >= 0.6 is 11.3 Å². The van der Waals surface area contributed by atoms with Crippen molar-refractivity contribution in [2.24, 2.45) is 0 Å². The Labute approximate surface area is 144 Å². The second-order valence-electron chi connectivity index (χ2n) is 4.95. The largest absolute Gasteiger partial charge is 0.375 e. The number of amides is 3. The van der Waals surface area contributed by atoms with Crippen molar-refractivity contribution in [2.75, 3.05) is 24.4 Å². The normalized spacial score (nSPS) is 10.2. The van der Waals surface area contributed by atoms with Gasteiger partial charge >= 0.3 is 6.03 Å². The number of carbonyl (C=O) groups excluding carboxylic acids is 2. The Morgan fingerprint density at radius 2 is 1.83 bits per heavy atom. The highest BCUT2D eigenvalue weighted by molar-refractivity contribution is 7.09. The van der Waals surface area contributed by atoms with Gasteiger partial charge in [-0.15, -0.1) is 11.3 Å². The lowest BCUT2D eigenvalue weighted by atomic mass is 10.3. The van der Waals surface area contributed by atoms with Crippen molar-refractivity contribution in [3.8, 4) is 0 Å². The van der Waals surface area contributed by atoms with E-state index in [0.29, 0.717) is 17.9 Å². The Bertz CT molecular complexity index is 685. The second-order valence-corrected chi connectivity index (χ2v) is 5.90. The van der Waals surface area contributed by atoms with Crippen LogP contribution in [0.3, 0.4) is 0 Å². The number of hydrogen-bond acceptors (Lipinski definition) is 5. The fourth-order valence-electron chi connectivity index (χ4n) is 1.90. The number of thiazole rings is 1. The zero-order valence-electron chi connectivity index (χ0n) is 13.6. The van der Waals surface area contributed by atoms with Crippen molar-refractivity contribution in [1.82, 2.24) is 10.3 Å². The first-order valence-corrected chi connectivity index (χ1v) is 8.35. The molecule has 2 aromatic rings. The van der Waals surface area contributed by atoms with Crippen molar-refractivity contribution in [3.63, 3.8) is 0 Å². The third-order valence-corrected chi connectivity index (χ3v) is 4.08. The van der Waals surface area contributed by atoms with Crippen LogP contribution in [0, 0.1) is 0 Å². The van der Waals surface area contributed by atoms with Crippen LogP contribution in [-0.2, 0) is 22.5 Å². The van der Waals surface area contributed by atoms with Crippen LogP contribution in [-0.4, -0.2) is 30.6 Å². The molecular weight excluding hydrogens is 328 g/mol. The van der Waals surface area contributed by atoms with Gasteiger partial charge in [0.05, 0.1) is 17.2 Å². The number of methoxy groups -OCH3 is 1. The van der Waals surface area contributed by atoms with Crippen LogP contribution in [0.4, 0.5) is 16.2 Å². The lowest BCUT2D eigenvalue weighted by Gasteiger charge is -2.08. The summed E-state index contributed by atoms with van der Waals surface area (Å²) in [7, 11) is 1.46. The zero-order valence-corrected chi connectivity index (χ0v) is 14.4. The van der Waals surface area contributed by atoms with Gasteiger partial charge < -0.3 is 20.7 Å². The summed E-state index contributed by atoms with van der Waals surface area (Å²) in [6.07, 6.45) is 0.893. The Hall–Kier alpha value is -2.45. The van der Waals surface area contributed by atoms with Crippen LogP contribution in [0.5, 0.6) is 0 Å². The van der Waals surface area contributed by atoms with Gasteiger partial charge in [0.1, 0.15) is 6.61 Å². The molecule has 8 heteroatoms. The molecule has 0 bridgehead atoms. The third kappa shape index (κ3) is 5.64. The Kier molecular flexibility index (Phi) is 6.71. The molecule has 1 heterocycles. The topological polar surface area (TPSA) is 92.4 Å². The highest BCUT2D eigenvalue weighted by Crippen LogP contribution is 2.14. The smallest absolute Gasteiger partial charge is 0.319 e. The summed E-state index contributed by atoms with van der Waals surface area (Å²) in [6.45, 7) is 2.43. The summed E-state index contributed by atoms with van der Waals surface area (Å²) in [5, 5.41) is 11.2. The van der Waals surface area contributed by atoms with Crippen LogP contribution in [0.15, 0.2) is 29.6 Å². The average molecular weight is 348 g/mol. The molecule has 0 unspecified atom stereocenters. The maximum Gasteiger partial charge on any atom is 0.319 e. The summed E-state index contributed by atoms with van der Waals surface area (Å²) in [6, 6.07) is 6.52. The molecule has 128 valence electrons. The predicted octanol–water partition coefficient (Wildman–Crippen LogP) is 2.61. The second kappa shape index (κ2) is 8.99. The Morgan fingerprint density at radius 3 is 2.42 bits per heavy atom. The minimum absolute atomic E-state index is 0.00122. The summed E-state index contributed by atoms with van der Waals surface area (Å²) in [5.74, 6) is -0.231. The van der Waals surface area contributed by atoms with Gasteiger partial charge in [-0.2, -0.15) is 0 Å². The molecule has 0 spiro atoms. The van der Waals surface area contributed by atoms with E-state index in [1.54, 1.807) is 35.6 Å². The molecule has 7 nitrogen and oxygen atoms in total. The van der Waals surface area contributed by atoms with Crippen LogP contribution in [0.2, 0.25) is 0 Å². The van der Waals surface area contributed by atoms with Gasteiger partial charge in [-0.05, 0) is 30.7 Å². The van der Waals surface area contributed by atoms with Crippen LogP contribution < -0.4 is 16.0 Å². The first-order chi connectivity index (χ1) is 11.6. The minimum Gasteiger partial charge on any atom is -0.375 e. The van der Waals surface area contributed by atoms with E-state index in [1.165, 1.54) is 7.11 Å². The third-order valence-electron chi connectivity index (χ3n) is 3.03. The molecule has 0 atom stereocenters. The standard InChI is InChI=1S/C16H20N4O3S/c1-3-15-19-13(10-24-15)8-17-16(22)20-12-6-4-11(5-7-12)18-14(21)9-23-2/h4-7,10H,3,8-9H2,1-2H3,(H,18,21)(H2,17,20,22). The molecule has 0 aliphatic heterocycles. The van der Waals surface area contributed by atoms with Gasteiger partial charge in [0.25, 0.3) is 0 Å². The van der Waals surface area contributed by atoms with Gasteiger partial charge in [0.15, 0.2) is 0 Å². The number of aryl methyl sites for hydroxylation is 1. The fourth-order valence-corrected chi connectivity index (χ4v) is 2.65. The lowest BCUT2D eigenvalue weighted by molar-refractivity contribution is -0.119. The molecular formula is C16H20N4O3S. The number of nitrogens with one attached hydrogen (secondary N) is 3. The fraction of sp³-hybridized carbons (Fsp3) is 0.312. The summed E-state index contributed by atoms with van der Waals surface area (Å²) in [4.78, 5) is 27.7. The monoisotopic (exact) mass is 348 g/mol. The lowest BCUT2D eigenvalue weighted by Crippen LogP contribution is -2.28. The van der Waals surface area contributed by atoms with Gasteiger partial charge in [-0.3, -0.25) is 4.79 Å². The molecule has 1 aromatic heterocycles. The van der Waals surface area contributed by atoms with E-state index in [9.17, 15) is 9.59 Å². The number of carbonyl (C=O) groups is 2. The molecule has 24 heavy (non-hydrogen) atoms. The van der Waals surface area contributed by atoms with E-state index in [-0.39, 0.29) is 18.5 Å². The average Bonchev–Trinajstić information content (AvgIpc) is 3.03. The number of anilines is 2. The number of ether oxygens (including phenoxy) is 1. The van der Waals surface area contributed by atoms with Crippen LogP contribution in [0.25, 0.3) is 0 Å². The number of rotatable bonds is 7. The molecule has 3 N–H and O–H groups in total. The molecule has 0 radical (unpaired) electrons. The molecule has 0 saturated heterocycles. The first-order valence-electron chi connectivity index (χ1n) is 7.47. The van der Waals surface area contributed by atoms with E-state index in [2.05, 4.69) is 20.9 Å². The van der Waals surface area contributed by atoms with Crippen molar-refractivity contribution in [2.45, 2.75) is 19.9 Å². The highest BCUT2D eigenvalue weighted by atomic mass is 32.1. The van der Waals surface area contributed by atoms with Gasteiger partial charge in [-0.1, -0.05) is 6.92 Å². The van der Waals surface area contributed by atoms with E-state index in [0.717, 1.165) is 17.1 Å². The quantitative estimate of drug-likeness (QED) is 0.717. The molecule has 0 saturated carbocycles. The number of benzene rings is 1. The molecule has 2 rings (SSSR count). The van der Waals surface area contributed by atoms with Crippen molar-refractivity contribution in [3.05, 3.63) is 40.3 Å². The van der Waals surface area contributed by atoms with E-state index in [4.69, 9.17) is 4.74 Å². The highest BCUT2D eigenvalue weighted by Gasteiger charge is 2.05. The number of nitrogens with zero attached hydrogens (tertiary/aromatic N) is 1. The minimum atomic E-state index is -0.308. The maximum atomic E-state index is 11.9. The molecule has 3 amide bonds. The number of urea groups is 1. The predicted molar refractivity (Wildman–Crippen MR) is 94.3 cm³/mol. The van der Waals surface area contributed by atoms with Crippen LogP contribution in [0.1, 0.15) is 17.6 Å². The molecule has 1 aromatic carbocycles. The molecule has 0 aliphatic rings. The van der Waals surface area contributed by atoms with E-state index < -0.39 is 0 Å². The summed E-state index contributed by atoms with van der Waals surface area (Å²) < 4.78 is 4.74. The molecule has 0 fully saturated rings. The Morgan fingerprint density at radius 1 is 1.17 bits per heavy atom. The van der Waals surface area contributed by atoms with Gasteiger partial charge in [0.2, 0.25) is 5.91 Å². The summed E-state index contributed by atoms with van der Waals surface area (Å²) in [5.41, 5.74) is 2.12. The van der Waals surface area contributed by atoms with Crippen molar-refractivity contribution < 1.29 is 14.3 Å². The van der Waals surface area contributed by atoms with Crippen molar-refractivity contribution in [1.29, 1.82) is 0 Å². The number of aromatic nitrogens is 1. The van der Waals surface area contributed by atoms with E-state index >= 15 is 0 Å². The van der Waals surface area contributed by atoms with Crippen molar-refractivity contribution >= 4 is 34.6 Å². The van der Waals surface area contributed by atoms with Gasteiger partial charge in [0, 0.05) is 23.9 Å². The zero-order chi connectivity index (χ0) is 17.4. The Balaban J connectivity index is 1.80. The number of hydrogen-bond donors (Lipinski definition) is 3. The maximum absolute atomic E-state index is 11.9. The van der Waals surface area contributed by atoms with E-state index in [1.807, 2.05) is 12.3 Å². The molecule has 0 aliphatic carbocycles. The summed E-state index contributed by atoms with van der Waals surface area (Å²) >= 11 is 1.59.